The quantitative estimate of drug-likeness (QED) is 0.295. The third-order valence-electron chi connectivity index (χ3n) is 3.26. The number of carbonyl (C=O) groups excluding carboxylic acids is 2. The van der Waals surface area contributed by atoms with Crippen LogP contribution in [0.5, 0.6) is 11.5 Å². The molecule has 27 heavy (non-hydrogen) atoms. The normalized spacial score (nSPS) is 11.3. The van der Waals surface area contributed by atoms with Crippen LogP contribution in [0.1, 0.15) is 19.4 Å². The Labute approximate surface area is 156 Å². The molecule has 1 aromatic rings. The molecule has 0 bridgehead atoms. The second-order valence-electron chi connectivity index (χ2n) is 5.30. The highest BCUT2D eigenvalue weighted by atomic mass is 16.5. The Hall–Kier alpha value is -3.60. The molecule has 0 aromatic heterocycles. The number of aliphatic hydroxyl groups is 1. The van der Waals surface area contributed by atoms with E-state index in [4.69, 9.17) is 24.9 Å². The molecule has 0 heterocycles. The van der Waals surface area contributed by atoms with Gasteiger partial charge < -0.3 is 24.7 Å². The molecule has 1 rings (SSSR count). The largest absolute Gasteiger partial charge is 0.508 e. The van der Waals surface area contributed by atoms with Crippen molar-refractivity contribution >= 4 is 23.5 Å². The van der Waals surface area contributed by atoms with Crippen LogP contribution < -0.4 is 9.47 Å². The molecular formula is C19H20N2O6. The zero-order valence-electron chi connectivity index (χ0n) is 15.2. The number of Topliss-reactive ketones (excluding diaryl/α,β-unsaturated/α-hetero) is 1. The van der Waals surface area contributed by atoms with E-state index in [0.29, 0.717) is 17.1 Å². The van der Waals surface area contributed by atoms with Crippen LogP contribution in [-0.4, -0.2) is 42.9 Å². The fourth-order valence-electron chi connectivity index (χ4n) is 2.12. The highest BCUT2D eigenvalue weighted by Gasteiger charge is 2.14. The van der Waals surface area contributed by atoms with Crippen LogP contribution in [-0.2, 0) is 14.3 Å². The molecule has 0 atom stereocenters. The van der Waals surface area contributed by atoms with Gasteiger partial charge in [0.2, 0.25) is 0 Å². The zero-order chi connectivity index (χ0) is 20.4. The summed E-state index contributed by atoms with van der Waals surface area (Å²) < 4.78 is 15.2. The molecule has 0 saturated carbocycles. The van der Waals surface area contributed by atoms with Gasteiger partial charge in [0, 0.05) is 11.8 Å². The van der Waals surface area contributed by atoms with Crippen molar-refractivity contribution in [2.45, 2.75) is 13.8 Å². The number of nitriles is 1. The second kappa shape index (κ2) is 10.4. The summed E-state index contributed by atoms with van der Waals surface area (Å²) in [4.78, 5) is 23.2. The first-order chi connectivity index (χ1) is 12.8. The van der Waals surface area contributed by atoms with Crippen LogP contribution in [0.4, 0.5) is 0 Å². The number of allylic oxidation sites excluding steroid dienone is 1. The van der Waals surface area contributed by atoms with Crippen LogP contribution in [0.15, 0.2) is 35.6 Å². The van der Waals surface area contributed by atoms with Crippen molar-refractivity contribution in [1.82, 2.24) is 0 Å². The summed E-state index contributed by atoms with van der Waals surface area (Å²) >= 11 is 0. The minimum atomic E-state index is -0.740. The van der Waals surface area contributed by atoms with Crippen molar-refractivity contribution in [3.05, 3.63) is 41.2 Å². The van der Waals surface area contributed by atoms with Gasteiger partial charge in [-0.3, -0.25) is 4.79 Å². The molecule has 0 aliphatic rings. The molecule has 2 N–H and O–H groups in total. The van der Waals surface area contributed by atoms with E-state index < -0.39 is 24.1 Å². The van der Waals surface area contributed by atoms with Gasteiger partial charge in [0.05, 0.1) is 12.7 Å². The van der Waals surface area contributed by atoms with E-state index in [9.17, 15) is 14.7 Å². The van der Waals surface area contributed by atoms with Crippen LogP contribution >= 0.6 is 0 Å². The maximum absolute atomic E-state index is 11.8. The summed E-state index contributed by atoms with van der Waals surface area (Å²) in [7, 11) is 1.45. The number of ketones is 1. The number of hydrogen-bond acceptors (Lipinski definition) is 8. The molecule has 0 saturated heterocycles. The molecule has 8 nitrogen and oxygen atoms in total. The van der Waals surface area contributed by atoms with E-state index in [1.54, 1.807) is 18.2 Å². The number of aliphatic hydroxyl groups excluding tert-OH is 1. The topological polar surface area (TPSA) is 130 Å². The summed E-state index contributed by atoms with van der Waals surface area (Å²) in [5.41, 5.74) is 0.328. The van der Waals surface area contributed by atoms with Gasteiger partial charge in [-0.2, -0.15) is 5.26 Å². The molecular weight excluding hydrogens is 352 g/mol. The lowest BCUT2D eigenvalue weighted by molar-refractivity contribution is -0.137. The van der Waals surface area contributed by atoms with Gasteiger partial charge in [0.1, 0.15) is 18.4 Å². The second-order valence-corrected chi connectivity index (χ2v) is 5.30. The van der Waals surface area contributed by atoms with Crippen LogP contribution in [0.25, 0.3) is 6.08 Å². The predicted molar refractivity (Wildman–Crippen MR) is 97.8 cm³/mol. The molecule has 142 valence electrons. The molecule has 0 unspecified atom stereocenters. The molecule has 8 heteroatoms. The summed E-state index contributed by atoms with van der Waals surface area (Å²) in [6, 6.07) is 6.72. The van der Waals surface area contributed by atoms with Gasteiger partial charge in [-0.1, -0.05) is 6.07 Å². The van der Waals surface area contributed by atoms with Crippen LogP contribution in [0, 0.1) is 16.7 Å². The van der Waals surface area contributed by atoms with Gasteiger partial charge in [0.25, 0.3) is 0 Å². The van der Waals surface area contributed by atoms with E-state index >= 15 is 0 Å². The van der Waals surface area contributed by atoms with E-state index in [0.717, 1.165) is 6.08 Å². The Balaban J connectivity index is 2.78. The van der Waals surface area contributed by atoms with Crippen molar-refractivity contribution in [3.63, 3.8) is 0 Å². The van der Waals surface area contributed by atoms with Crippen molar-refractivity contribution in [2.24, 2.45) is 0 Å². The summed E-state index contributed by atoms with van der Waals surface area (Å²) in [5, 5.41) is 25.8. The lowest BCUT2D eigenvalue weighted by Crippen LogP contribution is -2.14. The lowest BCUT2D eigenvalue weighted by atomic mass is 10.1. The number of nitrogens with one attached hydrogen (secondary N) is 1. The fourth-order valence-corrected chi connectivity index (χ4v) is 2.12. The smallest absolute Gasteiger partial charge is 0.331 e. The van der Waals surface area contributed by atoms with Gasteiger partial charge in [-0.05, 0) is 37.6 Å². The number of rotatable bonds is 9. The third-order valence-corrected chi connectivity index (χ3v) is 3.26. The molecule has 0 spiro atoms. The Morgan fingerprint density at radius 3 is 2.56 bits per heavy atom. The summed E-state index contributed by atoms with van der Waals surface area (Å²) in [5.74, 6) is -0.910. The Bertz CT molecular complexity index is 817. The first-order valence-corrected chi connectivity index (χ1v) is 7.81. The average molecular weight is 372 g/mol. The van der Waals surface area contributed by atoms with Gasteiger partial charge >= 0.3 is 5.97 Å². The summed E-state index contributed by atoms with van der Waals surface area (Å²) in [6.07, 6.45) is 2.61. The Morgan fingerprint density at radius 2 is 2.00 bits per heavy atom. The standard InChI is InChI=1S/C19H20N2O6/c1-12(21)19(13(2)22)15(23)11-27-18(24)7-5-14-4-6-16(26-9-8-20)17(10-14)25-3/h4-7,10,21,23H,9,11H2,1-3H3/b7-5+,19-15-,21-12?. The van der Waals surface area contributed by atoms with E-state index in [-0.39, 0.29) is 17.9 Å². The number of ether oxygens (including phenoxy) is 3. The molecule has 0 amide bonds. The third kappa shape index (κ3) is 6.66. The highest BCUT2D eigenvalue weighted by Crippen LogP contribution is 2.28. The molecule has 0 fully saturated rings. The minimum absolute atomic E-state index is 0.114. The SMILES string of the molecule is COc1cc(/C=C/C(=O)OC/C(O)=C(\C(C)=N)C(C)=O)ccc1OCC#N. The minimum Gasteiger partial charge on any atom is -0.508 e. The predicted octanol–water partition coefficient (Wildman–Crippen LogP) is 2.59. The van der Waals surface area contributed by atoms with Crippen molar-refractivity contribution < 1.29 is 28.9 Å². The molecule has 0 aliphatic carbocycles. The first-order valence-electron chi connectivity index (χ1n) is 7.81. The van der Waals surface area contributed by atoms with Gasteiger partial charge in [-0.25, -0.2) is 4.79 Å². The fraction of sp³-hybridized carbons (Fsp3) is 0.263. The molecule has 1 aromatic carbocycles. The Kier molecular flexibility index (Phi) is 8.26. The van der Waals surface area contributed by atoms with E-state index in [1.807, 2.05) is 6.07 Å². The van der Waals surface area contributed by atoms with Crippen molar-refractivity contribution in [3.8, 4) is 17.6 Å². The highest BCUT2D eigenvalue weighted by molar-refractivity contribution is 6.19. The number of nitrogens with zero attached hydrogens (tertiary/aromatic N) is 1. The number of benzene rings is 1. The number of methoxy groups -OCH3 is 1. The van der Waals surface area contributed by atoms with Crippen LogP contribution in [0.3, 0.4) is 0 Å². The van der Waals surface area contributed by atoms with Crippen LogP contribution in [0.2, 0.25) is 0 Å². The zero-order valence-corrected chi connectivity index (χ0v) is 15.2. The number of esters is 1. The number of carbonyl (C=O) groups is 2. The van der Waals surface area contributed by atoms with E-state index in [2.05, 4.69) is 0 Å². The van der Waals surface area contributed by atoms with Crippen molar-refractivity contribution in [1.29, 1.82) is 10.7 Å². The maximum atomic E-state index is 11.8. The van der Waals surface area contributed by atoms with Gasteiger partial charge in [0.15, 0.2) is 23.9 Å². The Morgan fingerprint density at radius 1 is 1.30 bits per heavy atom. The molecule has 0 radical (unpaired) electrons. The van der Waals surface area contributed by atoms with Crippen molar-refractivity contribution in [2.75, 3.05) is 20.3 Å². The maximum Gasteiger partial charge on any atom is 0.331 e. The number of hydrogen-bond donors (Lipinski definition) is 2. The lowest BCUT2D eigenvalue weighted by Gasteiger charge is -2.09. The summed E-state index contributed by atoms with van der Waals surface area (Å²) in [6.45, 7) is 1.93. The molecule has 0 aliphatic heterocycles. The first kappa shape index (κ1) is 21.4. The average Bonchev–Trinajstić information content (AvgIpc) is 2.62. The van der Waals surface area contributed by atoms with E-state index in [1.165, 1.54) is 27.0 Å². The monoisotopic (exact) mass is 372 g/mol. The van der Waals surface area contributed by atoms with Gasteiger partial charge in [-0.15, -0.1) is 0 Å².